The van der Waals surface area contributed by atoms with E-state index in [2.05, 4.69) is 57.9 Å². The normalized spacial score (nSPS) is 16.0. The molecule has 1 aromatic carbocycles. The fourth-order valence-electron chi connectivity index (χ4n) is 3.82. The van der Waals surface area contributed by atoms with Gasteiger partial charge in [-0.25, -0.2) is 14.8 Å². The maximum atomic E-state index is 12.4. The second-order valence-corrected chi connectivity index (χ2v) is 8.07. The Morgan fingerprint density at radius 3 is 2.70 bits per heavy atom. The number of urea groups is 1. The zero-order valence-electron chi connectivity index (χ0n) is 18.0. The molecule has 158 valence electrons. The van der Waals surface area contributed by atoms with Gasteiger partial charge in [-0.2, -0.15) is 0 Å². The highest BCUT2D eigenvalue weighted by molar-refractivity contribution is 5.75. The summed E-state index contributed by atoms with van der Waals surface area (Å²) in [6.45, 7) is 10.1. The first-order valence-corrected chi connectivity index (χ1v) is 10.7. The van der Waals surface area contributed by atoms with Gasteiger partial charge in [-0.3, -0.25) is 9.47 Å². The topological polar surface area (TPSA) is 66.3 Å². The van der Waals surface area contributed by atoms with Crippen LogP contribution in [-0.2, 0) is 6.54 Å². The van der Waals surface area contributed by atoms with Crippen LogP contribution < -0.4 is 5.32 Å². The van der Waals surface area contributed by atoms with Gasteiger partial charge in [0.2, 0.25) is 0 Å². The first-order valence-electron chi connectivity index (χ1n) is 10.7. The van der Waals surface area contributed by atoms with Crippen molar-refractivity contribution >= 4 is 17.2 Å². The summed E-state index contributed by atoms with van der Waals surface area (Å²) in [4.78, 5) is 26.1. The second kappa shape index (κ2) is 8.83. The molecule has 2 amide bonds. The van der Waals surface area contributed by atoms with Gasteiger partial charge in [0.15, 0.2) is 5.65 Å². The third kappa shape index (κ3) is 4.31. The highest BCUT2D eigenvalue weighted by Crippen LogP contribution is 2.22. The van der Waals surface area contributed by atoms with Crippen LogP contribution in [0.2, 0.25) is 0 Å². The molecule has 7 nitrogen and oxygen atoms in total. The molecule has 1 aliphatic heterocycles. The number of amides is 2. The predicted molar refractivity (Wildman–Crippen MR) is 119 cm³/mol. The predicted octanol–water partition coefficient (Wildman–Crippen LogP) is 3.35. The van der Waals surface area contributed by atoms with Crippen LogP contribution in [0.1, 0.15) is 31.7 Å². The molecule has 1 aliphatic rings. The molecule has 1 fully saturated rings. The Morgan fingerprint density at radius 2 is 1.97 bits per heavy atom. The van der Waals surface area contributed by atoms with Crippen molar-refractivity contribution in [3.05, 3.63) is 54.0 Å². The fraction of sp³-hybridized carbons (Fsp3) is 0.435. The smallest absolute Gasteiger partial charge is 0.317 e. The minimum atomic E-state index is 0.0419. The van der Waals surface area contributed by atoms with Crippen molar-refractivity contribution < 1.29 is 4.79 Å². The number of hydrogen-bond donors (Lipinski definition) is 1. The molecule has 0 bridgehead atoms. The molecule has 3 heterocycles. The van der Waals surface area contributed by atoms with Crippen molar-refractivity contribution in [2.24, 2.45) is 0 Å². The molecule has 0 saturated carbocycles. The van der Waals surface area contributed by atoms with Crippen LogP contribution in [0.15, 0.2) is 42.6 Å². The maximum Gasteiger partial charge on any atom is 0.317 e. The number of aryl methyl sites for hydroxylation is 1. The Bertz CT molecular complexity index is 1020. The Balaban J connectivity index is 1.51. The highest BCUT2D eigenvalue weighted by Gasteiger charge is 2.24. The lowest BCUT2D eigenvalue weighted by Gasteiger charge is -2.35. The molecule has 1 atom stereocenters. The molecular weight excluding hydrogens is 376 g/mol. The van der Waals surface area contributed by atoms with E-state index in [1.807, 2.05) is 30.2 Å². The average molecular weight is 407 g/mol. The van der Waals surface area contributed by atoms with Gasteiger partial charge in [0.1, 0.15) is 11.3 Å². The zero-order chi connectivity index (χ0) is 21.1. The van der Waals surface area contributed by atoms with E-state index < -0.39 is 0 Å². The van der Waals surface area contributed by atoms with Crippen molar-refractivity contribution in [3.63, 3.8) is 0 Å². The molecule has 30 heavy (non-hydrogen) atoms. The minimum absolute atomic E-state index is 0.0419. The van der Waals surface area contributed by atoms with Crippen LogP contribution in [0.3, 0.4) is 0 Å². The van der Waals surface area contributed by atoms with Crippen molar-refractivity contribution in [2.75, 3.05) is 26.2 Å². The van der Waals surface area contributed by atoms with Gasteiger partial charge in [0.05, 0.1) is 6.54 Å². The van der Waals surface area contributed by atoms with Crippen LogP contribution in [0, 0.1) is 6.92 Å². The van der Waals surface area contributed by atoms with Crippen molar-refractivity contribution in [1.29, 1.82) is 0 Å². The third-order valence-corrected chi connectivity index (χ3v) is 5.75. The number of nitrogens with one attached hydrogen (secondary N) is 1. The van der Waals surface area contributed by atoms with Gasteiger partial charge in [-0.05, 0) is 50.1 Å². The molecule has 0 unspecified atom stereocenters. The van der Waals surface area contributed by atoms with Crippen molar-refractivity contribution in [3.8, 4) is 5.69 Å². The van der Waals surface area contributed by atoms with Gasteiger partial charge >= 0.3 is 6.03 Å². The lowest BCUT2D eigenvalue weighted by Crippen LogP contribution is -2.52. The Labute approximate surface area is 177 Å². The second-order valence-electron chi connectivity index (χ2n) is 8.07. The first-order chi connectivity index (χ1) is 14.5. The minimum Gasteiger partial charge on any atom is -0.336 e. The average Bonchev–Trinajstić information content (AvgIpc) is 3.11. The summed E-state index contributed by atoms with van der Waals surface area (Å²) < 4.78 is 2.16. The fourth-order valence-corrected chi connectivity index (χ4v) is 3.82. The van der Waals surface area contributed by atoms with E-state index >= 15 is 0 Å². The summed E-state index contributed by atoms with van der Waals surface area (Å²) in [5.41, 5.74) is 4.07. The number of pyridine rings is 1. The number of hydrogen-bond acceptors (Lipinski definition) is 4. The summed E-state index contributed by atoms with van der Waals surface area (Å²) in [6.07, 6.45) is 2.75. The van der Waals surface area contributed by atoms with E-state index in [1.54, 1.807) is 0 Å². The van der Waals surface area contributed by atoms with E-state index in [9.17, 15) is 4.79 Å². The number of carbonyl (C=O) groups is 1. The van der Waals surface area contributed by atoms with Gasteiger partial charge in [-0.15, -0.1) is 0 Å². The van der Waals surface area contributed by atoms with Crippen LogP contribution >= 0.6 is 0 Å². The van der Waals surface area contributed by atoms with Crippen LogP contribution in [0.25, 0.3) is 16.9 Å². The number of nitrogens with zero attached hydrogens (tertiary/aromatic N) is 5. The number of aromatic nitrogens is 3. The summed E-state index contributed by atoms with van der Waals surface area (Å²) in [6, 6.07) is 12.6. The van der Waals surface area contributed by atoms with Crippen molar-refractivity contribution in [2.45, 2.75) is 39.8 Å². The zero-order valence-corrected chi connectivity index (χ0v) is 18.0. The monoisotopic (exact) mass is 406 g/mol. The van der Waals surface area contributed by atoms with Crippen LogP contribution in [0.5, 0.6) is 0 Å². The molecule has 1 N–H and O–H groups in total. The van der Waals surface area contributed by atoms with E-state index in [0.29, 0.717) is 0 Å². The molecule has 7 heteroatoms. The summed E-state index contributed by atoms with van der Waals surface area (Å²) >= 11 is 0. The lowest BCUT2D eigenvalue weighted by molar-refractivity contribution is 0.131. The molecule has 1 saturated heterocycles. The SMILES string of the molecule is CC[C@@H](C)NC(=O)N1CCN(Cc2nc3cccnc3n2-c2cccc(C)c2)CC1. The summed E-state index contributed by atoms with van der Waals surface area (Å²) in [5, 5.41) is 3.06. The number of carbonyl (C=O) groups excluding carboxylic acids is 1. The first kappa shape index (κ1) is 20.3. The van der Waals surface area contributed by atoms with E-state index in [0.717, 1.165) is 61.8 Å². The van der Waals surface area contributed by atoms with Crippen LogP contribution in [0.4, 0.5) is 4.79 Å². The summed E-state index contributed by atoms with van der Waals surface area (Å²) in [5.74, 6) is 0.979. The molecule has 0 radical (unpaired) electrons. The number of imidazole rings is 1. The number of fused-ring (bicyclic) bond motifs is 1. The molecule has 0 aliphatic carbocycles. The molecule has 0 spiro atoms. The van der Waals surface area contributed by atoms with Gasteiger partial charge < -0.3 is 10.2 Å². The molecular formula is C23H30N6O. The maximum absolute atomic E-state index is 12.4. The van der Waals surface area contributed by atoms with Gasteiger partial charge in [-0.1, -0.05) is 19.1 Å². The van der Waals surface area contributed by atoms with Crippen molar-refractivity contribution in [1.82, 2.24) is 29.7 Å². The molecule has 2 aromatic heterocycles. The Morgan fingerprint density at radius 1 is 1.17 bits per heavy atom. The Hall–Kier alpha value is -2.93. The molecule has 3 aromatic rings. The number of rotatable bonds is 5. The number of benzene rings is 1. The number of piperazine rings is 1. The van der Waals surface area contributed by atoms with Gasteiger partial charge in [0.25, 0.3) is 0 Å². The molecule has 4 rings (SSSR count). The summed E-state index contributed by atoms with van der Waals surface area (Å²) in [7, 11) is 0. The van der Waals surface area contributed by atoms with E-state index in [-0.39, 0.29) is 12.1 Å². The van der Waals surface area contributed by atoms with Gasteiger partial charge in [0, 0.05) is 44.1 Å². The quantitative estimate of drug-likeness (QED) is 0.706. The third-order valence-electron chi connectivity index (χ3n) is 5.75. The Kier molecular flexibility index (Phi) is 5.99. The van der Waals surface area contributed by atoms with E-state index in [4.69, 9.17) is 4.98 Å². The highest BCUT2D eigenvalue weighted by atomic mass is 16.2. The largest absolute Gasteiger partial charge is 0.336 e. The van der Waals surface area contributed by atoms with E-state index in [1.165, 1.54) is 5.56 Å². The standard InChI is InChI=1S/C23H30N6O/c1-4-18(3)25-23(30)28-13-11-27(12-14-28)16-21-26-20-9-6-10-24-22(20)29(21)19-8-5-7-17(2)15-19/h5-10,15,18H,4,11-14,16H2,1-3H3,(H,25,30)/t18-/m1/s1. The van der Waals surface area contributed by atoms with Crippen LogP contribution in [-0.4, -0.2) is 62.6 Å². The lowest BCUT2D eigenvalue weighted by atomic mass is 10.2.